The summed E-state index contributed by atoms with van der Waals surface area (Å²) in [5.41, 5.74) is 9.87. The number of anilines is 2. The first kappa shape index (κ1) is 14.8. The molecule has 0 aliphatic heterocycles. The van der Waals surface area contributed by atoms with E-state index in [0.717, 1.165) is 22.0 Å². The van der Waals surface area contributed by atoms with Gasteiger partial charge in [-0.05, 0) is 35.9 Å². The molecule has 4 rings (SSSR count). The van der Waals surface area contributed by atoms with Gasteiger partial charge in [0.25, 0.3) is 5.91 Å². The Kier molecular flexibility index (Phi) is 3.59. The van der Waals surface area contributed by atoms with Gasteiger partial charge in [0, 0.05) is 29.5 Å². The molecule has 122 valence electrons. The number of nitrogens with two attached hydrogens (primary N) is 1. The van der Waals surface area contributed by atoms with Crippen molar-refractivity contribution in [2.24, 2.45) is 0 Å². The van der Waals surface area contributed by atoms with E-state index in [0.29, 0.717) is 17.1 Å². The summed E-state index contributed by atoms with van der Waals surface area (Å²) in [5.74, 6) is -0.304. The van der Waals surface area contributed by atoms with Crippen molar-refractivity contribution >= 4 is 28.2 Å². The number of carbonyl (C=O) groups is 1. The molecule has 1 amide bonds. The molecule has 0 saturated heterocycles. The lowest BCUT2D eigenvalue weighted by Crippen LogP contribution is -2.12. The molecule has 0 fully saturated rings. The van der Waals surface area contributed by atoms with Crippen molar-refractivity contribution in [3.63, 3.8) is 0 Å². The van der Waals surface area contributed by atoms with Gasteiger partial charge < -0.3 is 11.1 Å². The van der Waals surface area contributed by atoms with Crippen molar-refractivity contribution in [3.8, 4) is 11.1 Å². The van der Waals surface area contributed by atoms with Crippen LogP contribution in [0.25, 0.3) is 22.0 Å². The van der Waals surface area contributed by atoms with Crippen LogP contribution in [0.3, 0.4) is 0 Å². The number of nitrogen functional groups attached to an aromatic ring is 1. The van der Waals surface area contributed by atoms with Gasteiger partial charge in [0.05, 0.1) is 23.1 Å². The minimum absolute atomic E-state index is 0.304. The molecule has 0 bridgehead atoms. The van der Waals surface area contributed by atoms with Crippen molar-refractivity contribution in [3.05, 3.63) is 66.9 Å². The molecule has 4 N–H and O–H groups in total. The van der Waals surface area contributed by atoms with E-state index in [2.05, 4.69) is 25.5 Å². The second kappa shape index (κ2) is 6.04. The molecule has 25 heavy (non-hydrogen) atoms. The fraction of sp³-hybridized carbons (Fsp3) is 0. The maximum atomic E-state index is 12.5. The SMILES string of the molecule is Nc1cncc(-c2ccc3[nH]nc(C(=O)Nc4cccnc4)c3c2)c1. The fourth-order valence-electron chi connectivity index (χ4n) is 2.61. The number of fused-ring (bicyclic) bond motifs is 1. The summed E-state index contributed by atoms with van der Waals surface area (Å²) in [6.45, 7) is 0. The van der Waals surface area contributed by atoms with Crippen LogP contribution in [-0.2, 0) is 0 Å². The van der Waals surface area contributed by atoms with Gasteiger partial charge in [-0.15, -0.1) is 0 Å². The summed E-state index contributed by atoms with van der Waals surface area (Å²) in [7, 11) is 0. The van der Waals surface area contributed by atoms with Crippen LogP contribution in [-0.4, -0.2) is 26.1 Å². The van der Waals surface area contributed by atoms with E-state index in [1.54, 1.807) is 36.9 Å². The van der Waals surface area contributed by atoms with E-state index in [1.165, 1.54) is 0 Å². The van der Waals surface area contributed by atoms with Crippen molar-refractivity contribution in [1.29, 1.82) is 0 Å². The van der Waals surface area contributed by atoms with E-state index < -0.39 is 0 Å². The number of hydrogen-bond acceptors (Lipinski definition) is 5. The van der Waals surface area contributed by atoms with E-state index in [1.807, 2.05) is 24.3 Å². The summed E-state index contributed by atoms with van der Waals surface area (Å²) >= 11 is 0. The Balaban J connectivity index is 1.73. The number of benzene rings is 1. The predicted octanol–water partition coefficient (Wildman–Crippen LogP) is 2.85. The van der Waals surface area contributed by atoms with Crippen LogP contribution in [0.15, 0.2) is 61.2 Å². The molecule has 0 atom stereocenters. The molecule has 3 heterocycles. The number of amides is 1. The van der Waals surface area contributed by atoms with Gasteiger partial charge in [0.2, 0.25) is 0 Å². The summed E-state index contributed by atoms with van der Waals surface area (Å²) in [5, 5.41) is 10.5. The molecule has 7 nitrogen and oxygen atoms in total. The number of H-pyrrole nitrogens is 1. The summed E-state index contributed by atoms with van der Waals surface area (Å²) in [4.78, 5) is 20.6. The van der Waals surface area contributed by atoms with E-state index in [9.17, 15) is 4.79 Å². The van der Waals surface area contributed by atoms with E-state index in [-0.39, 0.29) is 5.91 Å². The Morgan fingerprint density at radius 1 is 1.04 bits per heavy atom. The average molecular weight is 330 g/mol. The molecule has 0 spiro atoms. The van der Waals surface area contributed by atoms with Crippen LogP contribution in [0.5, 0.6) is 0 Å². The first-order valence-corrected chi connectivity index (χ1v) is 7.61. The molecule has 0 saturated carbocycles. The third-order valence-corrected chi connectivity index (χ3v) is 3.79. The number of aromatic amines is 1. The first-order valence-electron chi connectivity index (χ1n) is 7.61. The molecule has 0 aliphatic rings. The Morgan fingerprint density at radius 2 is 1.96 bits per heavy atom. The highest BCUT2D eigenvalue weighted by Gasteiger charge is 2.15. The van der Waals surface area contributed by atoms with Crippen LogP contribution >= 0.6 is 0 Å². The highest BCUT2D eigenvalue weighted by atomic mass is 16.1. The number of nitrogens with zero attached hydrogens (tertiary/aromatic N) is 3. The van der Waals surface area contributed by atoms with Gasteiger partial charge in [-0.2, -0.15) is 5.10 Å². The summed E-state index contributed by atoms with van der Waals surface area (Å²) in [6.07, 6.45) is 6.54. The van der Waals surface area contributed by atoms with Crippen LogP contribution in [0.4, 0.5) is 11.4 Å². The molecule has 1 aromatic carbocycles. The van der Waals surface area contributed by atoms with Crippen molar-refractivity contribution in [2.45, 2.75) is 0 Å². The normalized spacial score (nSPS) is 10.7. The lowest BCUT2D eigenvalue weighted by Gasteiger charge is -2.04. The second-order valence-electron chi connectivity index (χ2n) is 5.54. The van der Waals surface area contributed by atoms with Crippen LogP contribution < -0.4 is 11.1 Å². The van der Waals surface area contributed by atoms with Gasteiger partial charge in [0.1, 0.15) is 0 Å². The van der Waals surface area contributed by atoms with Gasteiger partial charge in [-0.1, -0.05) is 6.07 Å². The monoisotopic (exact) mass is 330 g/mol. The van der Waals surface area contributed by atoms with Crippen LogP contribution in [0.1, 0.15) is 10.5 Å². The Bertz CT molecular complexity index is 1060. The second-order valence-corrected chi connectivity index (χ2v) is 5.54. The quantitative estimate of drug-likeness (QED) is 0.535. The maximum absolute atomic E-state index is 12.5. The van der Waals surface area contributed by atoms with Crippen molar-refractivity contribution in [1.82, 2.24) is 20.2 Å². The molecule has 0 radical (unpaired) electrons. The summed E-state index contributed by atoms with van der Waals surface area (Å²) < 4.78 is 0. The highest BCUT2D eigenvalue weighted by Crippen LogP contribution is 2.26. The number of hydrogen-bond donors (Lipinski definition) is 3. The van der Waals surface area contributed by atoms with Crippen LogP contribution in [0, 0.1) is 0 Å². The zero-order valence-corrected chi connectivity index (χ0v) is 13.1. The molecular weight excluding hydrogens is 316 g/mol. The number of pyridine rings is 2. The minimum Gasteiger partial charge on any atom is -0.397 e. The third kappa shape index (κ3) is 2.90. The topological polar surface area (TPSA) is 110 Å². The molecule has 7 heteroatoms. The van der Waals surface area contributed by atoms with Crippen molar-refractivity contribution in [2.75, 3.05) is 11.1 Å². The Labute approximate surface area is 142 Å². The number of nitrogens with one attached hydrogen (secondary N) is 2. The third-order valence-electron chi connectivity index (χ3n) is 3.79. The number of rotatable bonds is 3. The average Bonchev–Trinajstić information content (AvgIpc) is 3.06. The maximum Gasteiger partial charge on any atom is 0.276 e. The van der Waals surface area contributed by atoms with Gasteiger partial charge in [-0.25, -0.2) is 0 Å². The molecule has 4 aromatic rings. The van der Waals surface area contributed by atoms with Gasteiger partial charge >= 0.3 is 0 Å². The largest absolute Gasteiger partial charge is 0.397 e. The van der Waals surface area contributed by atoms with Gasteiger partial charge in [0.15, 0.2) is 5.69 Å². The first-order chi connectivity index (χ1) is 12.2. The van der Waals surface area contributed by atoms with Gasteiger partial charge in [-0.3, -0.25) is 19.9 Å². The standard InChI is InChI=1S/C18H14N6O/c19-13-6-12(8-21-9-13)11-3-4-16-15(7-11)17(24-23-16)18(25)22-14-2-1-5-20-10-14/h1-10H,19H2,(H,22,25)(H,23,24). The lowest BCUT2D eigenvalue weighted by molar-refractivity contribution is 0.102. The minimum atomic E-state index is -0.304. The molecule has 3 aromatic heterocycles. The Hall–Kier alpha value is -3.74. The Morgan fingerprint density at radius 3 is 2.76 bits per heavy atom. The smallest absolute Gasteiger partial charge is 0.276 e. The lowest BCUT2D eigenvalue weighted by atomic mass is 10.0. The van der Waals surface area contributed by atoms with E-state index >= 15 is 0 Å². The van der Waals surface area contributed by atoms with Crippen molar-refractivity contribution < 1.29 is 4.79 Å². The zero-order valence-electron chi connectivity index (χ0n) is 13.1. The molecular formula is C18H14N6O. The zero-order chi connectivity index (χ0) is 17.2. The molecule has 0 aliphatic carbocycles. The molecule has 0 unspecified atom stereocenters. The number of aromatic nitrogens is 4. The number of carbonyl (C=O) groups excluding carboxylic acids is 1. The van der Waals surface area contributed by atoms with E-state index in [4.69, 9.17) is 5.73 Å². The summed E-state index contributed by atoms with van der Waals surface area (Å²) in [6, 6.07) is 11.1. The fourth-order valence-corrected chi connectivity index (χ4v) is 2.61. The highest BCUT2D eigenvalue weighted by molar-refractivity contribution is 6.11. The predicted molar refractivity (Wildman–Crippen MR) is 95.9 cm³/mol. The van der Waals surface area contributed by atoms with Crippen LogP contribution in [0.2, 0.25) is 0 Å².